The van der Waals surface area contributed by atoms with E-state index in [1.165, 1.54) is 0 Å². The summed E-state index contributed by atoms with van der Waals surface area (Å²) in [6, 6.07) is 3.57. The Bertz CT molecular complexity index is 434. The number of furan rings is 1. The molecule has 0 aliphatic carbocycles. The topological polar surface area (TPSA) is 51.5 Å². The maximum absolute atomic E-state index is 12.0. The fourth-order valence-corrected chi connectivity index (χ4v) is 1.80. The maximum Gasteiger partial charge on any atom is 0.247 e. The standard InChI is InChI=1S/C15H23NO3/c1-5-7-11(3)15(17)16-13(10-18-4)14-9-8-12(6-2)19-14/h7-9,13H,5-6,10H2,1-4H3,(H,16,17)/b11-7+/t13-/m0/s1. The van der Waals surface area contributed by atoms with E-state index >= 15 is 0 Å². The summed E-state index contributed by atoms with van der Waals surface area (Å²) in [5, 5.41) is 2.93. The van der Waals surface area contributed by atoms with Gasteiger partial charge < -0.3 is 14.5 Å². The van der Waals surface area contributed by atoms with Crippen molar-refractivity contribution in [2.45, 2.75) is 39.7 Å². The molecule has 0 bridgehead atoms. The summed E-state index contributed by atoms with van der Waals surface area (Å²) < 4.78 is 10.8. The van der Waals surface area contributed by atoms with Crippen LogP contribution >= 0.6 is 0 Å². The molecule has 106 valence electrons. The zero-order valence-electron chi connectivity index (χ0n) is 12.2. The summed E-state index contributed by atoms with van der Waals surface area (Å²) in [6.07, 6.45) is 3.58. The van der Waals surface area contributed by atoms with Crippen molar-refractivity contribution in [1.29, 1.82) is 0 Å². The largest absolute Gasteiger partial charge is 0.464 e. The highest BCUT2D eigenvalue weighted by Gasteiger charge is 2.18. The van der Waals surface area contributed by atoms with E-state index in [-0.39, 0.29) is 11.9 Å². The molecule has 1 N–H and O–H groups in total. The highest BCUT2D eigenvalue weighted by Crippen LogP contribution is 2.18. The lowest BCUT2D eigenvalue weighted by molar-refractivity contribution is -0.118. The highest BCUT2D eigenvalue weighted by molar-refractivity contribution is 5.92. The van der Waals surface area contributed by atoms with E-state index in [1.54, 1.807) is 7.11 Å². The van der Waals surface area contributed by atoms with Crippen molar-refractivity contribution in [3.05, 3.63) is 35.3 Å². The molecule has 1 amide bonds. The number of hydrogen-bond acceptors (Lipinski definition) is 3. The van der Waals surface area contributed by atoms with E-state index in [1.807, 2.05) is 39.0 Å². The number of rotatable bonds is 7. The van der Waals surface area contributed by atoms with Gasteiger partial charge in [0.2, 0.25) is 5.91 Å². The fourth-order valence-electron chi connectivity index (χ4n) is 1.80. The van der Waals surface area contributed by atoms with Crippen molar-refractivity contribution in [2.24, 2.45) is 0 Å². The van der Waals surface area contributed by atoms with Crippen molar-refractivity contribution in [2.75, 3.05) is 13.7 Å². The highest BCUT2D eigenvalue weighted by atomic mass is 16.5. The van der Waals surface area contributed by atoms with E-state index in [0.29, 0.717) is 12.2 Å². The van der Waals surface area contributed by atoms with Crippen molar-refractivity contribution in [3.63, 3.8) is 0 Å². The van der Waals surface area contributed by atoms with Gasteiger partial charge in [-0.25, -0.2) is 0 Å². The fraction of sp³-hybridized carbons (Fsp3) is 0.533. The summed E-state index contributed by atoms with van der Waals surface area (Å²) in [6.45, 7) is 6.23. The van der Waals surface area contributed by atoms with Gasteiger partial charge in [-0.2, -0.15) is 0 Å². The number of aryl methyl sites for hydroxylation is 1. The zero-order valence-corrected chi connectivity index (χ0v) is 12.2. The summed E-state index contributed by atoms with van der Waals surface area (Å²) in [5.74, 6) is 1.56. The average molecular weight is 265 g/mol. The van der Waals surface area contributed by atoms with Crippen LogP contribution < -0.4 is 5.32 Å². The molecule has 0 aliphatic rings. The second-order valence-electron chi connectivity index (χ2n) is 4.43. The van der Waals surface area contributed by atoms with Crippen LogP contribution in [0.15, 0.2) is 28.2 Å². The minimum atomic E-state index is -0.252. The van der Waals surface area contributed by atoms with Crippen LogP contribution in [0.25, 0.3) is 0 Å². The molecule has 1 atom stereocenters. The molecule has 1 aromatic heterocycles. The molecule has 1 heterocycles. The van der Waals surface area contributed by atoms with Crippen LogP contribution in [-0.4, -0.2) is 19.6 Å². The van der Waals surface area contributed by atoms with Crippen LogP contribution in [-0.2, 0) is 16.0 Å². The van der Waals surface area contributed by atoms with E-state index in [2.05, 4.69) is 5.32 Å². The molecule has 1 aromatic rings. The smallest absolute Gasteiger partial charge is 0.247 e. The Morgan fingerprint density at radius 2 is 2.21 bits per heavy atom. The molecule has 0 spiro atoms. The van der Waals surface area contributed by atoms with Crippen molar-refractivity contribution in [3.8, 4) is 0 Å². The molecule has 0 fully saturated rings. The first-order valence-electron chi connectivity index (χ1n) is 6.67. The van der Waals surface area contributed by atoms with Crippen LogP contribution in [0.4, 0.5) is 0 Å². The van der Waals surface area contributed by atoms with Gasteiger partial charge in [0.1, 0.15) is 17.6 Å². The minimum absolute atomic E-state index is 0.0849. The lowest BCUT2D eigenvalue weighted by atomic mass is 10.2. The summed E-state index contributed by atoms with van der Waals surface area (Å²) in [5.41, 5.74) is 0.714. The quantitative estimate of drug-likeness (QED) is 0.771. The molecular formula is C15H23NO3. The molecule has 19 heavy (non-hydrogen) atoms. The molecule has 0 aliphatic heterocycles. The van der Waals surface area contributed by atoms with Gasteiger partial charge in [-0.1, -0.05) is 19.9 Å². The molecule has 4 nitrogen and oxygen atoms in total. The van der Waals surface area contributed by atoms with Gasteiger partial charge in [-0.15, -0.1) is 0 Å². The van der Waals surface area contributed by atoms with E-state index < -0.39 is 0 Å². The van der Waals surface area contributed by atoms with Crippen molar-refractivity contribution < 1.29 is 13.9 Å². The molecule has 1 rings (SSSR count). The number of nitrogens with one attached hydrogen (secondary N) is 1. The average Bonchev–Trinajstić information content (AvgIpc) is 2.87. The number of amides is 1. The van der Waals surface area contributed by atoms with Crippen LogP contribution in [0, 0.1) is 0 Å². The van der Waals surface area contributed by atoms with Crippen LogP contribution in [0.2, 0.25) is 0 Å². The Morgan fingerprint density at radius 1 is 1.47 bits per heavy atom. The van der Waals surface area contributed by atoms with Crippen molar-refractivity contribution in [1.82, 2.24) is 5.32 Å². The number of hydrogen-bond donors (Lipinski definition) is 1. The molecule has 0 radical (unpaired) electrons. The first kappa shape index (κ1) is 15.5. The molecule has 0 saturated heterocycles. The lowest BCUT2D eigenvalue weighted by Crippen LogP contribution is -2.31. The predicted molar refractivity (Wildman–Crippen MR) is 74.9 cm³/mol. The lowest BCUT2D eigenvalue weighted by Gasteiger charge is -2.16. The predicted octanol–water partition coefficient (Wildman–Crippen LogP) is 3.00. The Balaban J connectivity index is 2.77. The third-order valence-corrected chi connectivity index (χ3v) is 2.88. The van der Waals surface area contributed by atoms with Crippen LogP contribution in [0.1, 0.15) is 44.8 Å². The number of methoxy groups -OCH3 is 1. The van der Waals surface area contributed by atoms with Gasteiger partial charge in [-0.3, -0.25) is 4.79 Å². The monoisotopic (exact) mass is 265 g/mol. The van der Waals surface area contributed by atoms with Gasteiger partial charge in [-0.05, 0) is 25.5 Å². The second kappa shape index (κ2) is 7.79. The molecule has 0 aromatic carbocycles. The summed E-state index contributed by atoms with van der Waals surface area (Å²) >= 11 is 0. The van der Waals surface area contributed by atoms with Gasteiger partial charge >= 0.3 is 0 Å². The minimum Gasteiger partial charge on any atom is -0.464 e. The Hall–Kier alpha value is -1.55. The van der Waals surface area contributed by atoms with Gasteiger partial charge in [0.25, 0.3) is 0 Å². The number of carbonyl (C=O) groups excluding carboxylic acids is 1. The molecule has 0 unspecified atom stereocenters. The van der Waals surface area contributed by atoms with E-state index in [9.17, 15) is 4.79 Å². The Morgan fingerprint density at radius 3 is 2.74 bits per heavy atom. The second-order valence-corrected chi connectivity index (χ2v) is 4.43. The SMILES string of the molecule is CC/C=C(\C)C(=O)N[C@@H](COC)c1ccc(CC)o1. The summed E-state index contributed by atoms with van der Waals surface area (Å²) in [7, 11) is 1.61. The maximum atomic E-state index is 12.0. The van der Waals surface area contributed by atoms with Crippen molar-refractivity contribution >= 4 is 5.91 Å². The molecule has 0 saturated carbocycles. The zero-order chi connectivity index (χ0) is 14.3. The van der Waals surface area contributed by atoms with E-state index in [0.717, 1.165) is 24.4 Å². The third kappa shape index (κ3) is 4.56. The van der Waals surface area contributed by atoms with Crippen LogP contribution in [0.3, 0.4) is 0 Å². The number of allylic oxidation sites excluding steroid dienone is 1. The normalized spacial score (nSPS) is 13.4. The summed E-state index contributed by atoms with van der Waals surface area (Å²) in [4.78, 5) is 12.0. The van der Waals surface area contributed by atoms with E-state index in [4.69, 9.17) is 9.15 Å². The number of ether oxygens (including phenoxy) is 1. The molecule has 4 heteroatoms. The first-order valence-corrected chi connectivity index (χ1v) is 6.67. The molecular weight excluding hydrogens is 242 g/mol. The third-order valence-electron chi connectivity index (χ3n) is 2.88. The van der Waals surface area contributed by atoms with Gasteiger partial charge in [0.15, 0.2) is 0 Å². The van der Waals surface area contributed by atoms with Crippen LogP contribution in [0.5, 0.6) is 0 Å². The number of carbonyl (C=O) groups is 1. The van der Waals surface area contributed by atoms with Gasteiger partial charge in [0, 0.05) is 19.1 Å². The Labute approximate surface area is 114 Å². The Kier molecular flexibility index (Phi) is 6.36. The first-order chi connectivity index (χ1) is 9.12. The van der Waals surface area contributed by atoms with Gasteiger partial charge in [0.05, 0.1) is 6.61 Å².